The Morgan fingerprint density at radius 3 is 1.90 bits per heavy atom. The summed E-state index contributed by atoms with van der Waals surface area (Å²) in [4.78, 5) is 4.94. The highest BCUT2D eigenvalue weighted by atomic mass is 79.9. The molecule has 1 aliphatic carbocycles. The van der Waals surface area contributed by atoms with Crippen molar-refractivity contribution in [2.75, 3.05) is 0 Å². The van der Waals surface area contributed by atoms with E-state index in [1.165, 1.54) is 55.3 Å². The van der Waals surface area contributed by atoms with Crippen LogP contribution in [0.25, 0.3) is 43.9 Å². The predicted octanol–water partition coefficient (Wildman–Crippen LogP) is 10.2. The van der Waals surface area contributed by atoms with Gasteiger partial charge in [0.15, 0.2) is 0 Å². The van der Waals surface area contributed by atoms with Gasteiger partial charge in [-0.15, -0.1) is 0 Å². The highest BCUT2D eigenvalue weighted by Crippen LogP contribution is 2.57. The van der Waals surface area contributed by atoms with Crippen molar-refractivity contribution in [3.8, 4) is 22.3 Å². The quantitative estimate of drug-likeness (QED) is 0.191. The number of hydrogen-bond acceptors (Lipinski definition) is 1. The lowest BCUT2D eigenvalue weighted by molar-refractivity contribution is 0.769. The van der Waals surface area contributed by atoms with Gasteiger partial charge in [0.1, 0.15) is 0 Å². The molecule has 7 aromatic rings. The second-order valence-corrected chi connectivity index (χ2v) is 11.4. The van der Waals surface area contributed by atoms with Gasteiger partial charge in [-0.2, -0.15) is 0 Å². The molecule has 0 radical (unpaired) electrons. The van der Waals surface area contributed by atoms with Gasteiger partial charge < -0.3 is 0 Å². The maximum absolute atomic E-state index is 4.94. The van der Waals surface area contributed by atoms with E-state index in [2.05, 4.69) is 155 Å². The number of halogens is 1. The van der Waals surface area contributed by atoms with Crippen LogP contribution >= 0.6 is 15.9 Å². The van der Waals surface area contributed by atoms with E-state index in [1.807, 2.05) is 6.20 Å². The van der Waals surface area contributed by atoms with Gasteiger partial charge in [0.2, 0.25) is 0 Å². The van der Waals surface area contributed by atoms with E-state index in [0.29, 0.717) is 0 Å². The monoisotopic (exact) mass is 573 g/mol. The zero-order valence-electron chi connectivity index (χ0n) is 21.7. The van der Waals surface area contributed by atoms with Gasteiger partial charge in [0, 0.05) is 21.4 Å². The topological polar surface area (TPSA) is 12.9 Å². The Hall–Kier alpha value is -4.53. The third kappa shape index (κ3) is 3.30. The Kier molecular flexibility index (Phi) is 5.26. The average molecular weight is 575 g/mol. The molecule has 40 heavy (non-hydrogen) atoms. The van der Waals surface area contributed by atoms with Crippen LogP contribution in [0.3, 0.4) is 0 Å². The molecule has 1 nitrogen and oxygen atoms in total. The summed E-state index contributed by atoms with van der Waals surface area (Å²) in [5.41, 5.74) is 10.7. The van der Waals surface area contributed by atoms with Crippen LogP contribution in [0.5, 0.6) is 0 Å². The summed E-state index contributed by atoms with van der Waals surface area (Å²) >= 11 is 3.60. The SMILES string of the molecule is Brc1ccc(-c2cccc3ncc4cc5c(cc4c23)C(c2ccccc2)(c2ccccc2)c2ccccc2-5)cc1. The maximum Gasteiger partial charge on any atom is 0.0714 e. The van der Waals surface area contributed by atoms with Crippen molar-refractivity contribution in [2.24, 2.45) is 0 Å². The minimum Gasteiger partial charge on any atom is -0.256 e. The molecule has 0 spiro atoms. The highest BCUT2D eigenvalue weighted by molar-refractivity contribution is 9.10. The van der Waals surface area contributed by atoms with Crippen molar-refractivity contribution in [1.29, 1.82) is 0 Å². The van der Waals surface area contributed by atoms with E-state index in [-0.39, 0.29) is 0 Å². The van der Waals surface area contributed by atoms with Crippen molar-refractivity contribution < 1.29 is 0 Å². The molecule has 6 aromatic carbocycles. The average Bonchev–Trinajstić information content (AvgIpc) is 3.31. The highest BCUT2D eigenvalue weighted by Gasteiger charge is 2.46. The molecule has 1 heterocycles. The first-order chi connectivity index (χ1) is 19.7. The minimum absolute atomic E-state index is 0.426. The number of nitrogens with zero attached hydrogens (tertiary/aromatic N) is 1. The summed E-state index contributed by atoms with van der Waals surface area (Å²) in [7, 11) is 0. The minimum atomic E-state index is -0.426. The second kappa shape index (κ2) is 9.01. The number of aromatic nitrogens is 1. The van der Waals surface area contributed by atoms with E-state index in [0.717, 1.165) is 15.4 Å². The molecule has 2 heteroatoms. The van der Waals surface area contributed by atoms with E-state index in [4.69, 9.17) is 4.98 Å². The van der Waals surface area contributed by atoms with Crippen LogP contribution in [0.2, 0.25) is 0 Å². The smallest absolute Gasteiger partial charge is 0.0714 e. The molecule has 0 saturated heterocycles. The normalized spacial score (nSPS) is 13.3. The Morgan fingerprint density at radius 2 is 1.18 bits per heavy atom. The summed E-state index contributed by atoms with van der Waals surface area (Å²) in [5, 5.41) is 3.57. The zero-order chi connectivity index (χ0) is 26.7. The Morgan fingerprint density at radius 1 is 0.525 bits per heavy atom. The third-order valence-electron chi connectivity index (χ3n) is 8.44. The Labute approximate surface area is 241 Å². The molecule has 0 aliphatic heterocycles. The van der Waals surface area contributed by atoms with E-state index in [1.54, 1.807) is 0 Å². The molecule has 0 fully saturated rings. The fourth-order valence-electron chi connectivity index (χ4n) is 6.77. The first kappa shape index (κ1) is 23.4. The van der Waals surface area contributed by atoms with Crippen LogP contribution in [0.15, 0.2) is 150 Å². The molecular formula is C38H24BrN. The van der Waals surface area contributed by atoms with Gasteiger partial charge in [0.25, 0.3) is 0 Å². The first-order valence-corrected chi connectivity index (χ1v) is 14.4. The van der Waals surface area contributed by atoms with Crippen molar-refractivity contribution >= 4 is 37.6 Å². The van der Waals surface area contributed by atoms with Crippen molar-refractivity contribution in [2.45, 2.75) is 5.41 Å². The summed E-state index contributed by atoms with van der Waals surface area (Å²) in [6.07, 6.45) is 2.04. The fourth-order valence-corrected chi connectivity index (χ4v) is 7.03. The number of fused-ring (bicyclic) bond motifs is 6. The van der Waals surface area contributed by atoms with Gasteiger partial charge >= 0.3 is 0 Å². The molecule has 0 N–H and O–H groups in total. The standard InChI is InChI=1S/C38H24BrN/c39-29-20-18-25(19-21-29)30-15-9-17-36-37(30)32-23-35-33(22-26(32)24-40-36)31-14-7-8-16-34(31)38(35,27-10-3-1-4-11-27)28-12-5-2-6-13-28/h1-24H. The number of benzene rings is 6. The third-order valence-corrected chi connectivity index (χ3v) is 8.97. The van der Waals surface area contributed by atoms with Gasteiger partial charge in [-0.05, 0) is 80.2 Å². The first-order valence-electron chi connectivity index (χ1n) is 13.6. The molecular weight excluding hydrogens is 550 g/mol. The summed E-state index contributed by atoms with van der Waals surface area (Å²) < 4.78 is 1.07. The van der Waals surface area contributed by atoms with Crippen LogP contribution in [-0.4, -0.2) is 4.98 Å². The zero-order valence-corrected chi connectivity index (χ0v) is 23.3. The fraction of sp³-hybridized carbons (Fsp3) is 0.0263. The van der Waals surface area contributed by atoms with Gasteiger partial charge in [-0.3, -0.25) is 4.98 Å². The van der Waals surface area contributed by atoms with Gasteiger partial charge in [-0.25, -0.2) is 0 Å². The molecule has 188 valence electrons. The summed E-state index contributed by atoms with van der Waals surface area (Å²) in [6, 6.07) is 50.7. The lowest BCUT2D eigenvalue weighted by Crippen LogP contribution is -2.28. The lowest BCUT2D eigenvalue weighted by atomic mass is 9.67. The van der Waals surface area contributed by atoms with Crippen molar-refractivity contribution in [3.63, 3.8) is 0 Å². The molecule has 0 unspecified atom stereocenters. The summed E-state index contributed by atoms with van der Waals surface area (Å²) in [5.74, 6) is 0. The van der Waals surface area contributed by atoms with Gasteiger partial charge in [-0.1, -0.05) is 125 Å². The van der Waals surface area contributed by atoms with Crippen LogP contribution < -0.4 is 0 Å². The molecule has 0 saturated carbocycles. The summed E-state index contributed by atoms with van der Waals surface area (Å²) in [6.45, 7) is 0. The van der Waals surface area contributed by atoms with E-state index < -0.39 is 5.41 Å². The second-order valence-electron chi connectivity index (χ2n) is 10.5. The Balaban J connectivity index is 1.54. The van der Waals surface area contributed by atoms with E-state index in [9.17, 15) is 0 Å². The number of pyridine rings is 1. The van der Waals surface area contributed by atoms with Crippen molar-refractivity contribution in [3.05, 3.63) is 172 Å². The Bertz CT molecular complexity index is 2010. The maximum atomic E-state index is 4.94. The van der Waals surface area contributed by atoms with Crippen LogP contribution in [0, 0.1) is 0 Å². The largest absolute Gasteiger partial charge is 0.256 e. The van der Waals surface area contributed by atoms with Crippen molar-refractivity contribution in [1.82, 2.24) is 4.98 Å². The molecule has 1 aromatic heterocycles. The molecule has 0 amide bonds. The van der Waals surface area contributed by atoms with Crippen LogP contribution in [0.1, 0.15) is 22.3 Å². The van der Waals surface area contributed by atoms with Crippen LogP contribution in [0.4, 0.5) is 0 Å². The van der Waals surface area contributed by atoms with E-state index >= 15 is 0 Å². The number of hydrogen-bond donors (Lipinski definition) is 0. The lowest BCUT2D eigenvalue weighted by Gasteiger charge is -2.34. The van der Waals surface area contributed by atoms with Gasteiger partial charge in [0.05, 0.1) is 10.9 Å². The molecule has 0 bridgehead atoms. The molecule has 8 rings (SSSR count). The molecule has 0 atom stereocenters. The number of rotatable bonds is 3. The predicted molar refractivity (Wildman–Crippen MR) is 170 cm³/mol. The molecule has 1 aliphatic rings. The van der Waals surface area contributed by atoms with Crippen LogP contribution in [-0.2, 0) is 5.41 Å².